The molecule has 0 heterocycles. The topological polar surface area (TPSA) is 43.1 Å². The maximum Gasteiger partial charge on any atom is 0.275 e. The molecule has 0 radical (unpaired) electrons. The molecule has 1 rings (SSSR count). The van der Waals surface area contributed by atoms with Gasteiger partial charge in [-0.25, -0.2) is 8.78 Å². The average molecular weight is 187 g/mol. The van der Waals surface area contributed by atoms with Gasteiger partial charge in [-0.1, -0.05) is 0 Å². The Kier molecular flexibility index (Phi) is 2.27. The van der Waals surface area contributed by atoms with Gasteiger partial charge < -0.3 is 0 Å². The van der Waals surface area contributed by atoms with Gasteiger partial charge in [0.05, 0.1) is 11.0 Å². The quantitative estimate of drug-likeness (QED) is 0.500. The summed E-state index contributed by atoms with van der Waals surface area (Å²) in [5.74, 6) is -2.21. The van der Waals surface area contributed by atoms with Crippen molar-refractivity contribution < 1.29 is 13.7 Å². The highest BCUT2D eigenvalue weighted by Gasteiger charge is 2.19. The highest BCUT2D eigenvalue weighted by molar-refractivity contribution is 5.45. The molecule has 0 fully saturated rings. The molecule has 3 nitrogen and oxygen atoms in total. The van der Waals surface area contributed by atoms with Crippen LogP contribution in [0.4, 0.5) is 14.5 Å². The summed E-state index contributed by atoms with van der Waals surface area (Å²) in [7, 11) is 0. The molecule has 0 N–H and O–H groups in total. The van der Waals surface area contributed by atoms with Crippen molar-refractivity contribution in [2.75, 3.05) is 0 Å². The van der Waals surface area contributed by atoms with Gasteiger partial charge >= 0.3 is 0 Å². The van der Waals surface area contributed by atoms with E-state index in [1.807, 2.05) is 0 Å². The lowest BCUT2D eigenvalue weighted by atomic mass is 10.1. The molecule has 70 valence electrons. The summed E-state index contributed by atoms with van der Waals surface area (Å²) < 4.78 is 25.5. The van der Waals surface area contributed by atoms with Crippen LogP contribution in [-0.4, -0.2) is 4.92 Å². The standard InChI is InChI=1S/C8H7F2NO2/c1-4-5(2)8(10)6(9)3-7(4)11(12)13/h3H,1-2H3. The summed E-state index contributed by atoms with van der Waals surface area (Å²) >= 11 is 0. The molecule has 0 spiro atoms. The first-order chi connectivity index (χ1) is 5.95. The first kappa shape index (κ1) is 9.57. The van der Waals surface area contributed by atoms with E-state index in [1.54, 1.807) is 0 Å². The molecular formula is C8H7F2NO2. The van der Waals surface area contributed by atoms with Crippen LogP contribution in [0.1, 0.15) is 11.1 Å². The Morgan fingerprint density at radius 1 is 1.31 bits per heavy atom. The molecule has 0 unspecified atom stereocenters. The highest BCUT2D eigenvalue weighted by atomic mass is 19.2. The van der Waals surface area contributed by atoms with Crippen molar-refractivity contribution >= 4 is 5.69 Å². The van der Waals surface area contributed by atoms with Crippen LogP contribution < -0.4 is 0 Å². The summed E-state index contributed by atoms with van der Waals surface area (Å²) in [6, 6.07) is 0.595. The van der Waals surface area contributed by atoms with E-state index >= 15 is 0 Å². The molecular weight excluding hydrogens is 180 g/mol. The van der Waals surface area contributed by atoms with Crippen LogP contribution in [-0.2, 0) is 0 Å². The van der Waals surface area contributed by atoms with Crippen LogP contribution in [0.25, 0.3) is 0 Å². The minimum atomic E-state index is -1.19. The second-order valence-corrected chi connectivity index (χ2v) is 2.70. The van der Waals surface area contributed by atoms with Crippen LogP contribution in [0.15, 0.2) is 6.07 Å². The van der Waals surface area contributed by atoms with Crippen LogP contribution in [0.5, 0.6) is 0 Å². The zero-order valence-electron chi connectivity index (χ0n) is 7.10. The number of nitrogens with zero attached hydrogens (tertiary/aromatic N) is 1. The number of nitro benzene ring substituents is 1. The molecule has 0 atom stereocenters. The largest absolute Gasteiger partial charge is 0.275 e. The number of benzene rings is 1. The second-order valence-electron chi connectivity index (χ2n) is 2.70. The molecule has 0 amide bonds. The zero-order valence-corrected chi connectivity index (χ0v) is 7.10. The lowest BCUT2D eigenvalue weighted by molar-refractivity contribution is -0.385. The lowest BCUT2D eigenvalue weighted by Crippen LogP contribution is -1.99. The molecule has 5 heteroatoms. The fourth-order valence-electron chi connectivity index (χ4n) is 1.02. The van der Waals surface area contributed by atoms with Crippen molar-refractivity contribution in [3.05, 3.63) is 38.9 Å². The van der Waals surface area contributed by atoms with Gasteiger partial charge in [-0.15, -0.1) is 0 Å². The molecule has 0 saturated heterocycles. The predicted octanol–water partition coefficient (Wildman–Crippen LogP) is 2.49. The normalized spacial score (nSPS) is 10.2. The fourth-order valence-corrected chi connectivity index (χ4v) is 1.02. The predicted molar refractivity (Wildman–Crippen MR) is 42.5 cm³/mol. The first-order valence-corrected chi connectivity index (χ1v) is 3.54. The Balaban J connectivity index is 3.50. The van der Waals surface area contributed by atoms with Crippen LogP contribution >= 0.6 is 0 Å². The fraction of sp³-hybridized carbons (Fsp3) is 0.250. The highest BCUT2D eigenvalue weighted by Crippen LogP contribution is 2.25. The van der Waals surface area contributed by atoms with Crippen LogP contribution in [0, 0.1) is 35.6 Å². The van der Waals surface area contributed by atoms with Crippen molar-refractivity contribution in [1.82, 2.24) is 0 Å². The molecule has 13 heavy (non-hydrogen) atoms. The summed E-state index contributed by atoms with van der Waals surface area (Å²) in [6.45, 7) is 2.69. The van der Waals surface area contributed by atoms with Crippen molar-refractivity contribution in [3.63, 3.8) is 0 Å². The molecule has 0 saturated carbocycles. The van der Waals surface area contributed by atoms with Gasteiger partial charge in [0.25, 0.3) is 5.69 Å². The van der Waals surface area contributed by atoms with Crippen molar-refractivity contribution in [2.45, 2.75) is 13.8 Å². The first-order valence-electron chi connectivity index (χ1n) is 3.54. The lowest BCUT2D eigenvalue weighted by Gasteiger charge is -2.03. The Morgan fingerprint density at radius 2 is 1.85 bits per heavy atom. The van der Waals surface area contributed by atoms with E-state index < -0.39 is 22.2 Å². The Hall–Kier alpha value is -1.52. The maximum absolute atomic E-state index is 12.8. The monoisotopic (exact) mass is 187 g/mol. The molecule has 1 aromatic rings. The number of hydrogen-bond donors (Lipinski definition) is 0. The smallest absolute Gasteiger partial charge is 0.258 e. The number of halogens is 2. The molecule has 0 aliphatic heterocycles. The Morgan fingerprint density at radius 3 is 2.31 bits per heavy atom. The van der Waals surface area contributed by atoms with Crippen molar-refractivity contribution in [3.8, 4) is 0 Å². The average Bonchev–Trinajstić information content (AvgIpc) is 2.07. The third-order valence-corrected chi connectivity index (χ3v) is 1.95. The van der Waals surface area contributed by atoms with Gasteiger partial charge in [-0.3, -0.25) is 10.1 Å². The van der Waals surface area contributed by atoms with E-state index in [0.717, 1.165) is 0 Å². The van der Waals surface area contributed by atoms with E-state index in [9.17, 15) is 18.9 Å². The minimum Gasteiger partial charge on any atom is -0.258 e. The molecule has 0 aliphatic carbocycles. The van der Waals surface area contributed by atoms with Gasteiger partial charge in [0.1, 0.15) is 0 Å². The number of hydrogen-bond acceptors (Lipinski definition) is 2. The van der Waals surface area contributed by atoms with Gasteiger partial charge in [0.15, 0.2) is 11.6 Å². The van der Waals surface area contributed by atoms with Crippen molar-refractivity contribution in [1.29, 1.82) is 0 Å². The number of rotatable bonds is 1. The molecule has 0 aliphatic rings. The summed E-state index contributed by atoms with van der Waals surface area (Å²) in [4.78, 5) is 9.62. The van der Waals surface area contributed by atoms with Crippen LogP contribution in [0.3, 0.4) is 0 Å². The second kappa shape index (κ2) is 3.08. The summed E-state index contributed by atoms with van der Waals surface area (Å²) in [5.41, 5.74) is -0.257. The van der Waals surface area contributed by atoms with Gasteiger partial charge in [0, 0.05) is 5.56 Å². The Labute approximate surface area is 73.1 Å². The SMILES string of the molecule is Cc1c([N+](=O)[O-])cc(F)c(F)c1C. The summed E-state index contributed by atoms with van der Waals surface area (Å²) in [6.07, 6.45) is 0. The Bertz CT molecular complexity index is 377. The number of nitro groups is 1. The van der Waals surface area contributed by atoms with Crippen LogP contribution in [0.2, 0.25) is 0 Å². The summed E-state index contributed by atoms with van der Waals surface area (Å²) in [5, 5.41) is 10.4. The van der Waals surface area contributed by atoms with Crippen molar-refractivity contribution in [2.24, 2.45) is 0 Å². The minimum absolute atomic E-state index is 0.0216. The van der Waals surface area contributed by atoms with Gasteiger partial charge in [-0.2, -0.15) is 0 Å². The van der Waals surface area contributed by atoms with E-state index in [4.69, 9.17) is 0 Å². The molecule has 1 aromatic carbocycles. The maximum atomic E-state index is 12.8. The van der Waals surface area contributed by atoms with E-state index in [-0.39, 0.29) is 11.1 Å². The zero-order chi connectivity index (χ0) is 10.2. The van der Waals surface area contributed by atoms with Gasteiger partial charge in [-0.05, 0) is 19.4 Å². The van der Waals surface area contributed by atoms with E-state index in [2.05, 4.69) is 0 Å². The third kappa shape index (κ3) is 1.49. The third-order valence-electron chi connectivity index (χ3n) is 1.95. The molecule has 0 bridgehead atoms. The van der Waals surface area contributed by atoms with E-state index in [0.29, 0.717) is 6.07 Å². The van der Waals surface area contributed by atoms with E-state index in [1.165, 1.54) is 13.8 Å². The van der Waals surface area contributed by atoms with Gasteiger partial charge in [0.2, 0.25) is 0 Å². The molecule has 0 aromatic heterocycles.